The van der Waals surface area contributed by atoms with Gasteiger partial charge in [0.2, 0.25) is 5.91 Å². The van der Waals surface area contributed by atoms with Gasteiger partial charge >= 0.3 is 5.97 Å². The number of hydrogen-bond acceptors (Lipinski definition) is 5. The Bertz CT molecular complexity index is 235. The number of aliphatic carboxylic acids is 1. The number of carboxylic acid groups (broad SMARTS) is 1. The van der Waals surface area contributed by atoms with Crippen LogP contribution in [-0.4, -0.2) is 68.3 Å². The molecule has 0 aliphatic heterocycles. The summed E-state index contributed by atoms with van der Waals surface area (Å²) in [5.41, 5.74) is 5.32. The lowest BCUT2D eigenvalue weighted by atomic mass is 10.3. The zero-order chi connectivity index (χ0) is 12.6. The number of likely N-dealkylation sites (N-methyl/N-ethyl adjacent to an activating group) is 1. The zero-order valence-corrected chi connectivity index (χ0v) is 9.60. The predicted molar refractivity (Wildman–Crippen MR) is 58.0 cm³/mol. The molecule has 0 aliphatic rings. The largest absolute Gasteiger partial charge is 0.480 e. The molecule has 7 heteroatoms. The van der Waals surface area contributed by atoms with Crippen LogP contribution >= 0.6 is 0 Å². The summed E-state index contributed by atoms with van der Waals surface area (Å²) in [6, 6.07) is -0.975. The third-order valence-electron chi connectivity index (χ3n) is 1.87. The first-order chi connectivity index (χ1) is 7.47. The lowest BCUT2D eigenvalue weighted by Gasteiger charge is -2.18. The monoisotopic (exact) mass is 233 g/mol. The molecule has 0 fully saturated rings. The molecule has 7 nitrogen and oxygen atoms in total. The fourth-order valence-electron chi connectivity index (χ4n) is 1.07. The van der Waals surface area contributed by atoms with Gasteiger partial charge in [-0.25, -0.2) is 0 Å². The minimum Gasteiger partial charge on any atom is -0.480 e. The number of carboxylic acids is 1. The Labute approximate surface area is 94.5 Å². The van der Waals surface area contributed by atoms with Crippen LogP contribution < -0.4 is 11.1 Å². The standard InChI is InChI=1S/C9H19N3O4/c1-12(5-7(10)9(14)15)6-8(13)11-3-4-16-2/h7H,3-6,10H2,1-2H3,(H,11,13)(H,14,15). The van der Waals surface area contributed by atoms with Crippen molar-refractivity contribution in [2.75, 3.05) is 40.4 Å². The molecular weight excluding hydrogens is 214 g/mol. The minimum atomic E-state index is -1.08. The van der Waals surface area contributed by atoms with Crippen molar-refractivity contribution in [3.63, 3.8) is 0 Å². The summed E-state index contributed by atoms with van der Waals surface area (Å²) in [4.78, 5) is 23.3. The molecule has 0 aromatic heterocycles. The SMILES string of the molecule is COCCNC(=O)CN(C)CC(N)C(=O)O. The van der Waals surface area contributed by atoms with Crippen LogP contribution in [0.4, 0.5) is 0 Å². The van der Waals surface area contributed by atoms with Crippen LogP contribution in [0.1, 0.15) is 0 Å². The second-order valence-corrected chi connectivity index (χ2v) is 3.48. The summed E-state index contributed by atoms with van der Waals surface area (Å²) in [7, 11) is 3.18. The van der Waals surface area contributed by atoms with Crippen LogP contribution in [0.5, 0.6) is 0 Å². The highest BCUT2D eigenvalue weighted by molar-refractivity contribution is 5.78. The Balaban J connectivity index is 3.73. The normalized spacial score (nSPS) is 12.5. The topological polar surface area (TPSA) is 105 Å². The van der Waals surface area contributed by atoms with Crippen LogP contribution in [0.25, 0.3) is 0 Å². The molecule has 0 saturated carbocycles. The number of rotatable bonds is 8. The highest BCUT2D eigenvalue weighted by Crippen LogP contribution is 1.87. The molecule has 0 radical (unpaired) electrons. The fraction of sp³-hybridized carbons (Fsp3) is 0.778. The number of methoxy groups -OCH3 is 1. The second kappa shape index (κ2) is 8.03. The van der Waals surface area contributed by atoms with Gasteiger partial charge in [0.1, 0.15) is 6.04 Å². The number of amides is 1. The number of nitrogens with zero attached hydrogens (tertiary/aromatic N) is 1. The minimum absolute atomic E-state index is 0.116. The smallest absolute Gasteiger partial charge is 0.321 e. The van der Waals surface area contributed by atoms with Gasteiger partial charge < -0.3 is 20.9 Å². The van der Waals surface area contributed by atoms with Gasteiger partial charge in [0.25, 0.3) is 0 Å². The van der Waals surface area contributed by atoms with Crippen LogP contribution in [0, 0.1) is 0 Å². The molecule has 4 N–H and O–H groups in total. The number of carbonyl (C=O) groups excluding carboxylic acids is 1. The Hall–Kier alpha value is -1.18. The van der Waals surface area contributed by atoms with Crippen LogP contribution in [0.15, 0.2) is 0 Å². The van der Waals surface area contributed by atoms with Gasteiger partial charge in [-0.1, -0.05) is 0 Å². The molecule has 1 amide bonds. The number of nitrogens with two attached hydrogens (primary N) is 1. The maximum atomic E-state index is 11.3. The maximum Gasteiger partial charge on any atom is 0.321 e. The highest BCUT2D eigenvalue weighted by atomic mass is 16.5. The van der Waals surface area contributed by atoms with E-state index in [1.807, 2.05) is 0 Å². The van der Waals surface area contributed by atoms with E-state index in [1.54, 1.807) is 19.1 Å². The molecule has 0 saturated heterocycles. The average Bonchev–Trinajstić information content (AvgIpc) is 2.17. The number of nitrogens with one attached hydrogen (secondary N) is 1. The van der Waals surface area contributed by atoms with E-state index in [2.05, 4.69) is 5.32 Å². The van der Waals surface area contributed by atoms with Crippen molar-refractivity contribution in [1.29, 1.82) is 0 Å². The zero-order valence-electron chi connectivity index (χ0n) is 9.60. The van der Waals surface area contributed by atoms with E-state index >= 15 is 0 Å². The van der Waals surface area contributed by atoms with Gasteiger partial charge in [0.05, 0.1) is 13.2 Å². The van der Waals surface area contributed by atoms with Gasteiger partial charge in [0, 0.05) is 20.2 Å². The summed E-state index contributed by atoms with van der Waals surface area (Å²) < 4.78 is 4.77. The van der Waals surface area contributed by atoms with E-state index < -0.39 is 12.0 Å². The van der Waals surface area contributed by atoms with E-state index in [4.69, 9.17) is 15.6 Å². The summed E-state index contributed by atoms with van der Waals surface area (Å²) in [5, 5.41) is 11.2. The molecule has 0 aromatic carbocycles. The Morgan fingerprint density at radius 3 is 2.69 bits per heavy atom. The molecule has 1 unspecified atom stereocenters. The van der Waals surface area contributed by atoms with Crippen molar-refractivity contribution < 1.29 is 19.4 Å². The molecule has 0 spiro atoms. The Morgan fingerprint density at radius 2 is 2.19 bits per heavy atom. The molecule has 1 atom stereocenters. The Morgan fingerprint density at radius 1 is 1.56 bits per heavy atom. The van der Waals surface area contributed by atoms with Gasteiger partial charge in [-0.15, -0.1) is 0 Å². The lowest BCUT2D eigenvalue weighted by Crippen LogP contribution is -2.45. The maximum absolute atomic E-state index is 11.3. The van der Waals surface area contributed by atoms with E-state index in [0.29, 0.717) is 13.2 Å². The Kier molecular flexibility index (Phi) is 7.44. The van der Waals surface area contributed by atoms with Crippen molar-refractivity contribution in [2.24, 2.45) is 5.73 Å². The van der Waals surface area contributed by atoms with Crippen molar-refractivity contribution in [2.45, 2.75) is 6.04 Å². The van der Waals surface area contributed by atoms with Gasteiger partial charge in [-0.05, 0) is 7.05 Å². The van der Waals surface area contributed by atoms with Crippen LogP contribution in [0.2, 0.25) is 0 Å². The van der Waals surface area contributed by atoms with Crippen molar-refractivity contribution >= 4 is 11.9 Å². The van der Waals surface area contributed by atoms with E-state index in [1.165, 1.54) is 0 Å². The number of carbonyl (C=O) groups is 2. The first-order valence-corrected chi connectivity index (χ1v) is 4.90. The first kappa shape index (κ1) is 14.8. The highest BCUT2D eigenvalue weighted by Gasteiger charge is 2.15. The molecule has 0 aliphatic carbocycles. The number of ether oxygens (including phenoxy) is 1. The first-order valence-electron chi connectivity index (χ1n) is 4.90. The average molecular weight is 233 g/mol. The molecule has 0 rings (SSSR count). The molecule has 0 heterocycles. The quantitative estimate of drug-likeness (QED) is 0.423. The fourth-order valence-corrected chi connectivity index (χ4v) is 1.07. The molecule has 0 aromatic rings. The van der Waals surface area contributed by atoms with Gasteiger partial charge in [-0.3, -0.25) is 14.5 Å². The molecular formula is C9H19N3O4. The predicted octanol–water partition coefficient (Wildman–Crippen LogP) is -1.91. The summed E-state index contributed by atoms with van der Waals surface area (Å²) >= 11 is 0. The molecule has 94 valence electrons. The second-order valence-electron chi connectivity index (χ2n) is 3.48. The van der Waals surface area contributed by atoms with E-state index in [-0.39, 0.29) is 19.0 Å². The third-order valence-corrected chi connectivity index (χ3v) is 1.87. The third kappa shape index (κ3) is 7.16. The van der Waals surface area contributed by atoms with Crippen LogP contribution in [-0.2, 0) is 14.3 Å². The van der Waals surface area contributed by atoms with Crippen molar-refractivity contribution in [3.8, 4) is 0 Å². The lowest BCUT2D eigenvalue weighted by molar-refractivity contribution is -0.139. The van der Waals surface area contributed by atoms with Crippen molar-refractivity contribution in [1.82, 2.24) is 10.2 Å². The van der Waals surface area contributed by atoms with Crippen molar-refractivity contribution in [3.05, 3.63) is 0 Å². The van der Waals surface area contributed by atoms with E-state index in [0.717, 1.165) is 0 Å². The summed E-state index contributed by atoms with van der Waals surface area (Å²) in [5.74, 6) is -1.26. The molecule has 16 heavy (non-hydrogen) atoms. The van der Waals surface area contributed by atoms with Gasteiger partial charge in [0.15, 0.2) is 0 Å². The van der Waals surface area contributed by atoms with E-state index in [9.17, 15) is 9.59 Å². The van der Waals surface area contributed by atoms with Crippen LogP contribution in [0.3, 0.4) is 0 Å². The van der Waals surface area contributed by atoms with Gasteiger partial charge in [-0.2, -0.15) is 0 Å². The molecule has 0 bridgehead atoms. The summed E-state index contributed by atoms with van der Waals surface area (Å²) in [6.45, 7) is 1.13. The summed E-state index contributed by atoms with van der Waals surface area (Å²) in [6.07, 6.45) is 0. The number of hydrogen-bond donors (Lipinski definition) is 3.